The average Bonchev–Trinajstić information content (AvgIpc) is 2.63. The van der Waals surface area contributed by atoms with Gasteiger partial charge in [0.2, 0.25) is 0 Å². The highest BCUT2D eigenvalue weighted by Gasteiger charge is 2.18. The Hall–Kier alpha value is -0.790. The van der Waals surface area contributed by atoms with Gasteiger partial charge in [0.25, 0.3) is 0 Å². The van der Waals surface area contributed by atoms with Crippen molar-refractivity contribution < 1.29 is 0 Å². The highest BCUT2D eigenvalue weighted by Crippen LogP contribution is 2.18. The van der Waals surface area contributed by atoms with E-state index in [1.165, 1.54) is 12.8 Å². The van der Waals surface area contributed by atoms with E-state index in [-0.39, 0.29) is 0 Å². The first-order valence-electron chi connectivity index (χ1n) is 3.27. The van der Waals surface area contributed by atoms with Gasteiger partial charge in [-0.05, 0) is 25.1 Å². The second kappa shape index (κ2) is 3.28. The molecule has 50 valence electrons. The van der Waals surface area contributed by atoms with Gasteiger partial charge in [-0.2, -0.15) is 0 Å². The van der Waals surface area contributed by atoms with Crippen LogP contribution in [0.2, 0.25) is 0 Å². The maximum absolute atomic E-state index is 3.80. The zero-order valence-corrected chi connectivity index (χ0v) is 5.67. The lowest BCUT2D eigenvalue weighted by molar-refractivity contribution is 0.864. The fourth-order valence-electron chi connectivity index (χ4n) is 0.571. The Labute approximate surface area is 55.7 Å². The Morgan fingerprint density at radius 1 is 1.56 bits per heavy atom. The normalized spacial score (nSPS) is 19.7. The van der Waals surface area contributed by atoms with Crippen molar-refractivity contribution in [2.24, 2.45) is 4.99 Å². The van der Waals surface area contributed by atoms with Gasteiger partial charge >= 0.3 is 0 Å². The minimum atomic E-state index is 0.756. The van der Waals surface area contributed by atoms with Crippen LogP contribution in [0.5, 0.6) is 0 Å². The molecule has 0 aliphatic heterocycles. The Morgan fingerprint density at radius 3 is 2.89 bits per heavy atom. The molecule has 2 nitrogen and oxygen atoms in total. The molecule has 1 aliphatic carbocycles. The third kappa shape index (κ3) is 2.90. The molecule has 0 spiro atoms. The van der Waals surface area contributed by atoms with E-state index in [0.29, 0.717) is 0 Å². The van der Waals surface area contributed by atoms with Gasteiger partial charge in [0.05, 0.1) is 0 Å². The number of hydrogen-bond donors (Lipinski definition) is 1. The fraction of sp³-hybridized carbons (Fsp3) is 0.571. The number of nitrogens with one attached hydrogen (secondary N) is 1. The van der Waals surface area contributed by atoms with Crippen LogP contribution in [0, 0.1) is 0 Å². The maximum atomic E-state index is 3.80. The molecule has 1 aliphatic rings. The second-order valence-electron chi connectivity index (χ2n) is 2.21. The number of nitrogens with zero attached hydrogens (tertiary/aromatic N) is 1. The van der Waals surface area contributed by atoms with E-state index in [1.54, 1.807) is 13.3 Å². The van der Waals surface area contributed by atoms with Gasteiger partial charge in [0.15, 0.2) is 0 Å². The van der Waals surface area contributed by atoms with Crippen LogP contribution in [0.15, 0.2) is 17.3 Å². The monoisotopic (exact) mass is 124 g/mol. The quantitative estimate of drug-likeness (QED) is 0.557. The summed E-state index contributed by atoms with van der Waals surface area (Å²) in [5.41, 5.74) is 0. The molecular weight excluding hydrogens is 112 g/mol. The van der Waals surface area contributed by atoms with Crippen LogP contribution in [-0.4, -0.2) is 19.3 Å². The van der Waals surface area contributed by atoms with Crippen molar-refractivity contribution in [2.45, 2.75) is 18.9 Å². The average molecular weight is 124 g/mol. The highest BCUT2D eigenvalue weighted by molar-refractivity contribution is 5.70. The molecule has 9 heavy (non-hydrogen) atoms. The molecule has 0 aromatic carbocycles. The van der Waals surface area contributed by atoms with E-state index < -0.39 is 0 Å². The van der Waals surface area contributed by atoms with Crippen molar-refractivity contribution >= 4 is 6.21 Å². The summed E-state index contributed by atoms with van der Waals surface area (Å²) >= 11 is 0. The summed E-state index contributed by atoms with van der Waals surface area (Å²) in [6.45, 7) is 0. The van der Waals surface area contributed by atoms with Crippen molar-refractivity contribution in [3.05, 3.63) is 12.3 Å². The Bertz CT molecular complexity index is 123. The molecule has 2 heteroatoms. The molecule has 1 N–H and O–H groups in total. The van der Waals surface area contributed by atoms with Crippen LogP contribution < -0.4 is 5.32 Å². The standard InChI is InChI=1S/C7H12N2/c1-8-5-2-6-9-7-3-4-7/h2,5-7,9H,3-4H2,1H3/b6-2+,8-5?. The van der Waals surface area contributed by atoms with Gasteiger partial charge < -0.3 is 5.32 Å². The Balaban J connectivity index is 2.01. The number of aliphatic imine (C=N–C) groups is 1. The Morgan fingerprint density at radius 2 is 2.33 bits per heavy atom. The van der Waals surface area contributed by atoms with Crippen LogP contribution in [-0.2, 0) is 0 Å². The number of rotatable bonds is 3. The van der Waals surface area contributed by atoms with E-state index in [9.17, 15) is 0 Å². The van der Waals surface area contributed by atoms with Crippen molar-refractivity contribution in [1.82, 2.24) is 5.32 Å². The number of allylic oxidation sites excluding steroid dienone is 1. The van der Waals surface area contributed by atoms with E-state index >= 15 is 0 Å². The van der Waals surface area contributed by atoms with Gasteiger partial charge in [-0.15, -0.1) is 0 Å². The first-order chi connectivity index (χ1) is 4.43. The van der Waals surface area contributed by atoms with Crippen LogP contribution in [0.25, 0.3) is 0 Å². The van der Waals surface area contributed by atoms with Crippen LogP contribution >= 0.6 is 0 Å². The van der Waals surface area contributed by atoms with E-state index in [4.69, 9.17) is 0 Å². The summed E-state index contributed by atoms with van der Waals surface area (Å²) in [4.78, 5) is 3.80. The molecule has 0 amide bonds. The fourth-order valence-corrected chi connectivity index (χ4v) is 0.571. The zero-order valence-electron chi connectivity index (χ0n) is 5.67. The lowest BCUT2D eigenvalue weighted by Crippen LogP contribution is -2.06. The lowest BCUT2D eigenvalue weighted by atomic mass is 10.6. The van der Waals surface area contributed by atoms with Gasteiger partial charge in [0, 0.05) is 19.3 Å². The van der Waals surface area contributed by atoms with E-state index in [2.05, 4.69) is 10.3 Å². The minimum Gasteiger partial charge on any atom is -0.388 e. The van der Waals surface area contributed by atoms with E-state index in [0.717, 1.165) is 6.04 Å². The molecule has 0 atom stereocenters. The third-order valence-electron chi connectivity index (χ3n) is 1.24. The summed E-state index contributed by atoms with van der Waals surface area (Å²) in [5.74, 6) is 0. The van der Waals surface area contributed by atoms with Crippen molar-refractivity contribution in [3.8, 4) is 0 Å². The molecule has 1 saturated carbocycles. The second-order valence-corrected chi connectivity index (χ2v) is 2.21. The van der Waals surface area contributed by atoms with Gasteiger partial charge in [-0.3, -0.25) is 4.99 Å². The molecule has 0 saturated heterocycles. The summed E-state index contributed by atoms with van der Waals surface area (Å²) in [6, 6.07) is 0.756. The largest absolute Gasteiger partial charge is 0.388 e. The topological polar surface area (TPSA) is 24.4 Å². The number of hydrogen-bond acceptors (Lipinski definition) is 2. The predicted molar refractivity (Wildman–Crippen MR) is 39.7 cm³/mol. The van der Waals surface area contributed by atoms with Crippen LogP contribution in [0.1, 0.15) is 12.8 Å². The summed E-state index contributed by atoms with van der Waals surface area (Å²) < 4.78 is 0. The first-order valence-corrected chi connectivity index (χ1v) is 3.27. The van der Waals surface area contributed by atoms with Gasteiger partial charge in [-0.1, -0.05) is 0 Å². The van der Waals surface area contributed by atoms with Gasteiger partial charge in [0.1, 0.15) is 0 Å². The molecule has 0 aromatic heterocycles. The molecule has 0 radical (unpaired) electrons. The van der Waals surface area contributed by atoms with Crippen LogP contribution in [0.4, 0.5) is 0 Å². The molecule has 0 bridgehead atoms. The van der Waals surface area contributed by atoms with E-state index in [1.807, 2.05) is 12.3 Å². The lowest BCUT2D eigenvalue weighted by Gasteiger charge is -1.89. The SMILES string of the molecule is CN=C/C=C/NC1CC1. The predicted octanol–water partition coefficient (Wildman–Crippen LogP) is 0.953. The smallest absolute Gasteiger partial charge is 0.0277 e. The third-order valence-corrected chi connectivity index (χ3v) is 1.24. The Kier molecular flexibility index (Phi) is 2.31. The van der Waals surface area contributed by atoms with Gasteiger partial charge in [-0.25, -0.2) is 0 Å². The molecule has 0 unspecified atom stereocenters. The summed E-state index contributed by atoms with van der Waals surface area (Å²) in [6.07, 6.45) is 8.29. The summed E-state index contributed by atoms with van der Waals surface area (Å²) in [5, 5.41) is 3.22. The molecule has 0 heterocycles. The first kappa shape index (κ1) is 6.33. The molecule has 0 aromatic rings. The molecular formula is C7H12N2. The van der Waals surface area contributed by atoms with Crippen molar-refractivity contribution in [3.63, 3.8) is 0 Å². The van der Waals surface area contributed by atoms with Crippen LogP contribution in [0.3, 0.4) is 0 Å². The molecule has 1 rings (SSSR count). The highest BCUT2D eigenvalue weighted by atomic mass is 14.9. The maximum Gasteiger partial charge on any atom is 0.0277 e. The minimum absolute atomic E-state index is 0.756. The zero-order chi connectivity index (χ0) is 6.53. The summed E-state index contributed by atoms with van der Waals surface area (Å²) in [7, 11) is 1.77. The van der Waals surface area contributed by atoms with Crippen molar-refractivity contribution in [2.75, 3.05) is 7.05 Å². The van der Waals surface area contributed by atoms with Crippen molar-refractivity contribution in [1.29, 1.82) is 0 Å². The molecule has 1 fully saturated rings.